The highest BCUT2D eigenvalue weighted by Gasteiger charge is 2.03. The smallest absolute Gasteiger partial charge is 0.226 e. The van der Waals surface area contributed by atoms with Crippen LogP contribution in [-0.4, -0.2) is 21.6 Å². The van der Waals surface area contributed by atoms with Crippen molar-refractivity contribution >= 4 is 5.95 Å². The Kier molecular flexibility index (Phi) is 4.28. The molecule has 0 radical (unpaired) electrons. The van der Waals surface area contributed by atoms with Crippen molar-refractivity contribution in [1.82, 2.24) is 15.0 Å². The van der Waals surface area contributed by atoms with Gasteiger partial charge >= 0.3 is 0 Å². The number of pyridine rings is 1. The first kappa shape index (κ1) is 13.3. The summed E-state index contributed by atoms with van der Waals surface area (Å²) in [5, 5.41) is 3.16. The molecular formula is C14H18N4O. The highest BCUT2D eigenvalue weighted by atomic mass is 16.5. The summed E-state index contributed by atoms with van der Waals surface area (Å²) in [6.07, 6.45) is 0. The number of hydrogen-bond donors (Lipinski definition) is 1. The highest BCUT2D eigenvalue weighted by Crippen LogP contribution is 2.12. The molecule has 2 aromatic rings. The van der Waals surface area contributed by atoms with E-state index in [4.69, 9.17) is 4.74 Å². The number of hydrogen-bond acceptors (Lipinski definition) is 5. The molecule has 1 N–H and O–H groups in total. The Morgan fingerprint density at radius 1 is 1.11 bits per heavy atom. The van der Waals surface area contributed by atoms with Crippen molar-refractivity contribution in [2.75, 3.05) is 11.9 Å². The largest absolute Gasteiger partial charge is 0.478 e. The lowest BCUT2D eigenvalue weighted by molar-refractivity contribution is 0.326. The first-order chi connectivity index (χ1) is 9.17. The lowest BCUT2D eigenvalue weighted by atomic mass is 10.3. The zero-order valence-corrected chi connectivity index (χ0v) is 11.5. The molecule has 0 aliphatic carbocycles. The van der Waals surface area contributed by atoms with Crippen molar-refractivity contribution in [2.24, 2.45) is 0 Å². The minimum atomic E-state index is 0.562. The molecule has 0 unspecified atom stereocenters. The van der Waals surface area contributed by atoms with Gasteiger partial charge in [0.1, 0.15) is 0 Å². The van der Waals surface area contributed by atoms with E-state index in [0.717, 1.165) is 17.1 Å². The lowest BCUT2D eigenvalue weighted by Gasteiger charge is -2.08. The summed E-state index contributed by atoms with van der Waals surface area (Å²) in [4.78, 5) is 13.0. The summed E-state index contributed by atoms with van der Waals surface area (Å²) in [6.45, 7) is 7.01. The van der Waals surface area contributed by atoms with Crippen LogP contribution in [0.3, 0.4) is 0 Å². The Hall–Kier alpha value is -2.17. The number of nitrogens with one attached hydrogen (secondary N) is 1. The van der Waals surface area contributed by atoms with Gasteiger partial charge in [0, 0.05) is 17.5 Å². The van der Waals surface area contributed by atoms with Gasteiger partial charge in [0.25, 0.3) is 0 Å². The van der Waals surface area contributed by atoms with Gasteiger partial charge in [0.2, 0.25) is 11.8 Å². The van der Waals surface area contributed by atoms with Crippen LogP contribution in [0.25, 0.3) is 0 Å². The van der Waals surface area contributed by atoms with Crippen molar-refractivity contribution in [3.63, 3.8) is 0 Å². The van der Waals surface area contributed by atoms with E-state index in [-0.39, 0.29) is 0 Å². The summed E-state index contributed by atoms with van der Waals surface area (Å²) < 4.78 is 5.39. The Labute approximate surface area is 113 Å². The third kappa shape index (κ3) is 3.91. The van der Waals surface area contributed by atoms with E-state index in [2.05, 4.69) is 20.3 Å². The molecule has 2 heterocycles. The van der Waals surface area contributed by atoms with Gasteiger partial charge in [0.05, 0.1) is 18.8 Å². The Morgan fingerprint density at radius 3 is 2.68 bits per heavy atom. The average molecular weight is 258 g/mol. The molecule has 100 valence electrons. The molecule has 0 spiro atoms. The second kappa shape index (κ2) is 6.13. The molecule has 0 fully saturated rings. The predicted molar refractivity (Wildman–Crippen MR) is 74.2 cm³/mol. The van der Waals surface area contributed by atoms with Gasteiger partial charge in [-0.2, -0.15) is 4.98 Å². The SMILES string of the molecule is CCOc1cc(C)nc(NCc2cccc(C)n2)n1. The molecule has 0 saturated heterocycles. The van der Waals surface area contributed by atoms with Gasteiger partial charge in [-0.1, -0.05) is 6.07 Å². The summed E-state index contributed by atoms with van der Waals surface area (Å²) in [5.74, 6) is 1.15. The molecule has 2 aromatic heterocycles. The maximum absolute atomic E-state index is 5.39. The average Bonchev–Trinajstić information content (AvgIpc) is 2.36. The highest BCUT2D eigenvalue weighted by molar-refractivity contribution is 5.31. The quantitative estimate of drug-likeness (QED) is 0.892. The number of anilines is 1. The number of nitrogens with zero attached hydrogens (tertiary/aromatic N) is 3. The molecule has 5 nitrogen and oxygen atoms in total. The van der Waals surface area contributed by atoms with E-state index < -0.39 is 0 Å². The minimum Gasteiger partial charge on any atom is -0.478 e. The third-order valence-electron chi connectivity index (χ3n) is 2.50. The molecule has 0 aliphatic rings. The molecule has 0 amide bonds. The van der Waals surface area contributed by atoms with Gasteiger partial charge in [-0.15, -0.1) is 0 Å². The summed E-state index contributed by atoms with van der Waals surface area (Å²) in [5.41, 5.74) is 2.83. The summed E-state index contributed by atoms with van der Waals surface area (Å²) >= 11 is 0. The molecule has 2 rings (SSSR count). The van der Waals surface area contributed by atoms with E-state index in [1.807, 2.05) is 45.0 Å². The monoisotopic (exact) mass is 258 g/mol. The second-order valence-electron chi connectivity index (χ2n) is 4.23. The number of aryl methyl sites for hydroxylation is 2. The molecule has 0 saturated carbocycles. The Bertz CT molecular complexity index is 557. The van der Waals surface area contributed by atoms with E-state index in [1.54, 1.807) is 0 Å². The maximum Gasteiger partial charge on any atom is 0.226 e. The van der Waals surface area contributed by atoms with Crippen LogP contribution in [0.5, 0.6) is 5.88 Å². The third-order valence-corrected chi connectivity index (χ3v) is 2.50. The minimum absolute atomic E-state index is 0.562. The van der Waals surface area contributed by atoms with Crippen LogP contribution in [0, 0.1) is 13.8 Å². The maximum atomic E-state index is 5.39. The molecule has 0 atom stereocenters. The van der Waals surface area contributed by atoms with E-state index in [0.29, 0.717) is 25.0 Å². The first-order valence-corrected chi connectivity index (χ1v) is 6.32. The Morgan fingerprint density at radius 2 is 1.95 bits per heavy atom. The zero-order chi connectivity index (χ0) is 13.7. The van der Waals surface area contributed by atoms with Crippen molar-refractivity contribution < 1.29 is 4.74 Å². The summed E-state index contributed by atoms with van der Waals surface area (Å²) in [6, 6.07) is 7.75. The molecular weight excluding hydrogens is 240 g/mol. The van der Waals surface area contributed by atoms with Crippen LogP contribution in [0.4, 0.5) is 5.95 Å². The number of ether oxygens (including phenoxy) is 1. The van der Waals surface area contributed by atoms with Gasteiger partial charge in [-0.25, -0.2) is 4.98 Å². The molecule has 5 heteroatoms. The van der Waals surface area contributed by atoms with Gasteiger partial charge in [-0.05, 0) is 32.9 Å². The molecule has 0 aliphatic heterocycles. The number of rotatable bonds is 5. The summed E-state index contributed by atoms with van der Waals surface area (Å²) in [7, 11) is 0. The predicted octanol–water partition coefficient (Wildman–Crippen LogP) is 2.50. The van der Waals surface area contributed by atoms with Crippen LogP contribution < -0.4 is 10.1 Å². The first-order valence-electron chi connectivity index (χ1n) is 6.32. The number of aromatic nitrogens is 3. The van der Waals surface area contributed by atoms with E-state index >= 15 is 0 Å². The normalized spacial score (nSPS) is 10.3. The topological polar surface area (TPSA) is 59.9 Å². The van der Waals surface area contributed by atoms with E-state index in [9.17, 15) is 0 Å². The second-order valence-corrected chi connectivity index (χ2v) is 4.23. The van der Waals surface area contributed by atoms with Crippen LogP contribution >= 0.6 is 0 Å². The zero-order valence-electron chi connectivity index (χ0n) is 11.5. The Balaban J connectivity index is 2.06. The van der Waals surface area contributed by atoms with Crippen LogP contribution in [0.2, 0.25) is 0 Å². The molecule has 19 heavy (non-hydrogen) atoms. The van der Waals surface area contributed by atoms with Crippen LogP contribution in [0.1, 0.15) is 24.0 Å². The van der Waals surface area contributed by atoms with Crippen LogP contribution in [0.15, 0.2) is 24.3 Å². The lowest BCUT2D eigenvalue weighted by Crippen LogP contribution is -2.07. The van der Waals surface area contributed by atoms with Gasteiger partial charge in [-0.3, -0.25) is 4.98 Å². The van der Waals surface area contributed by atoms with Crippen molar-refractivity contribution in [2.45, 2.75) is 27.3 Å². The van der Waals surface area contributed by atoms with Crippen molar-refractivity contribution in [1.29, 1.82) is 0 Å². The molecule has 0 aromatic carbocycles. The fraction of sp³-hybridized carbons (Fsp3) is 0.357. The molecule has 0 bridgehead atoms. The fourth-order valence-corrected chi connectivity index (χ4v) is 1.71. The van der Waals surface area contributed by atoms with Crippen molar-refractivity contribution in [3.05, 3.63) is 41.3 Å². The standard InChI is InChI=1S/C14H18N4O/c1-4-19-13-8-11(3)17-14(18-13)15-9-12-7-5-6-10(2)16-12/h5-8H,4,9H2,1-3H3,(H,15,17,18). The van der Waals surface area contributed by atoms with Crippen molar-refractivity contribution in [3.8, 4) is 5.88 Å². The van der Waals surface area contributed by atoms with Gasteiger partial charge < -0.3 is 10.1 Å². The van der Waals surface area contributed by atoms with E-state index in [1.165, 1.54) is 0 Å². The van der Waals surface area contributed by atoms with Crippen LogP contribution in [-0.2, 0) is 6.54 Å². The fourth-order valence-electron chi connectivity index (χ4n) is 1.71. The van der Waals surface area contributed by atoms with Gasteiger partial charge in [0.15, 0.2) is 0 Å².